The third-order valence-corrected chi connectivity index (χ3v) is 2.78. The first-order valence-electron chi connectivity index (χ1n) is 6.20. The lowest BCUT2D eigenvalue weighted by Gasteiger charge is -2.21. The van der Waals surface area contributed by atoms with Gasteiger partial charge in [0.2, 0.25) is 0 Å². The molecule has 0 unspecified atom stereocenters. The Kier molecular flexibility index (Phi) is 4.18. The molecule has 0 spiro atoms. The number of carbonyl (C=O) groups excluding carboxylic acids is 2. The molecule has 0 saturated heterocycles. The van der Waals surface area contributed by atoms with E-state index in [1.165, 1.54) is 18.2 Å². The summed E-state index contributed by atoms with van der Waals surface area (Å²) in [6.07, 6.45) is 0. The van der Waals surface area contributed by atoms with Gasteiger partial charge in [-0.2, -0.15) is 0 Å². The average Bonchev–Trinajstić information content (AvgIpc) is 2.44. The zero-order valence-electron chi connectivity index (χ0n) is 11.3. The fourth-order valence-electron chi connectivity index (χ4n) is 1.81. The van der Waals surface area contributed by atoms with E-state index in [0.717, 1.165) is 16.6 Å². The van der Waals surface area contributed by atoms with Crippen molar-refractivity contribution in [1.82, 2.24) is 5.43 Å². The molecule has 3 amide bonds. The first-order chi connectivity index (χ1) is 9.97. The number of benzene rings is 2. The van der Waals surface area contributed by atoms with E-state index in [4.69, 9.17) is 5.73 Å². The van der Waals surface area contributed by atoms with E-state index in [0.29, 0.717) is 5.69 Å². The molecular formula is C15H14FN3O2. The number of nitrogens with one attached hydrogen (secondary N) is 1. The highest BCUT2D eigenvalue weighted by Crippen LogP contribution is 2.14. The number of aryl methyl sites for hydroxylation is 1. The number of anilines is 1. The van der Waals surface area contributed by atoms with Crippen molar-refractivity contribution in [3.63, 3.8) is 0 Å². The molecule has 21 heavy (non-hydrogen) atoms. The number of carbonyl (C=O) groups is 2. The molecule has 2 rings (SSSR count). The van der Waals surface area contributed by atoms with Crippen LogP contribution < -0.4 is 16.2 Å². The second-order valence-electron chi connectivity index (χ2n) is 4.46. The summed E-state index contributed by atoms with van der Waals surface area (Å²) in [7, 11) is 0. The van der Waals surface area contributed by atoms with Gasteiger partial charge in [-0.25, -0.2) is 14.2 Å². The summed E-state index contributed by atoms with van der Waals surface area (Å²) in [6.45, 7) is 1.84. The van der Waals surface area contributed by atoms with Crippen molar-refractivity contribution < 1.29 is 14.0 Å². The van der Waals surface area contributed by atoms with Gasteiger partial charge in [0.25, 0.3) is 5.91 Å². The van der Waals surface area contributed by atoms with Crippen molar-refractivity contribution in [3.8, 4) is 0 Å². The van der Waals surface area contributed by atoms with Crippen LogP contribution in [0.25, 0.3) is 0 Å². The van der Waals surface area contributed by atoms with Gasteiger partial charge >= 0.3 is 6.03 Å². The molecule has 0 aliphatic heterocycles. The summed E-state index contributed by atoms with van der Waals surface area (Å²) in [4.78, 5) is 23.5. The monoisotopic (exact) mass is 287 g/mol. The van der Waals surface area contributed by atoms with Crippen LogP contribution in [0.15, 0.2) is 48.5 Å². The van der Waals surface area contributed by atoms with Gasteiger partial charge in [0.1, 0.15) is 5.82 Å². The van der Waals surface area contributed by atoms with E-state index in [9.17, 15) is 14.0 Å². The average molecular weight is 287 g/mol. The Balaban J connectivity index is 2.25. The maximum Gasteiger partial charge on any atom is 0.338 e. The van der Waals surface area contributed by atoms with Gasteiger partial charge in [0.15, 0.2) is 0 Å². The van der Waals surface area contributed by atoms with Gasteiger partial charge in [0, 0.05) is 5.56 Å². The van der Waals surface area contributed by atoms with Crippen molar-refractivity contribution in [2.45, 2.75) is 6.92 Å². The minimum atomic E-state index is -0.842. The topological polar surface area (TPSA) is 75.4 Å². The van der Waals surface area contributed by atoms with Gasteiger partial charge in [-0.3, -0.25) is 10.2 Å². The first-order valence-corrected chi connectivity index (χ1v) is 6.20. The van der Waals surface area contributed by atoms with Gasteiger partial charge in [-0.1, -0.05) is 18.2 Å². The molecule has 6 heteroatoms. The lowest BCUT2D eigenvalue weighted by molar-refractivity contribution is 0.0950. The number of primary amides is 1. The molecule has 0 saturated carbocycles. The summed E-state index contributed by atoms with van der Waals surface area (Å²) >= 11 is 0. The number of hydrogen-bond acceptors (Lipinski definition) is 2. The Morgan fingerprint density at radius 1 is 1.14 bits per heavy atom. The second kappa shape index (κ2) is 6.04. The first kappa shape index (κ1) is 14.5. The van der Waals surface area contributed by atoms with Crippen LogP contribution in [0.5, 0.6) is 0 Å². The van der Waals surface area contributed by atoms with Crippen molar-refractivity contribution in [2.75, 3.05) is 5.01 Å². The Bertz CT molecular complexity index is 688. The molecule has 0 heterocycles. The fraction of sp³-hybridized carbons (Fsp3) is 0.0667. The Morgan fingerprint density at radius 2 is 1.86 bits per heavy atom. The zero-order valence-corrected chi connectivity index (χ0v) is 11.3. The van der Waals surface area contributed by atoms with Crippen molar-refractivity contribution >= 4 is 17.6 Å². The van der Waals surface area contributed by atoms with E-state index >= 15 is 0 Å². The fourth-order valence-corrected chi connectivity index (χ4v) is 1.81. The molecule has 0 aliphatic carbocycles. The van der Waals surface area contributed by atoms with Crippen LogP contribution in [-0.2, 0) is 0 Å². The number of halogens is 1. The maximum atomic E-state index is 13.1. The molecule has 0 fully saturated rings. The van der Waals surface area contributed by atoms with Gasteiger partial charge in [-0.15, -0.1) is 0 Å². The van der Waals surface area contributed by atoms with Gasteiger partial charge < -0.3 is 5.73 Å². The van der Waals surface area contributed by atoms with Crippen LogP contribution >= 0.6 is 0 Å². The molecular weight excluding hydrogens is 273 g/mol. The standard InChI is InChI=1S/C15H14FN3O2/c1-10-4-2-7-13(8-10)19(15(17)21)18-14(20)11-5-3-6-12(16)9-11/h2-9H,1H3,(H2,17,21)(H,18,20). The van der Waals surface area contributed by atoms with Gasteiger partial charge in [-0.05, 0) is 42.8 Å². The van der Waals surface area contributed by atoms with E-state index in [2.05, 4.69) is 5.43 Å². The van der Waals surface area contributed by atoms with Crippen molar-refractivity contribution in [1.29, 1.82) is 0 Å². The number of hydrazine groups is 1. The molecule has 0 aromatic heterocycles. The highest BCUT2D eigenvalue weighted by molar-refractivity contribution is 6.00. The number of urea groups is 1. The highest BCUT2D eigenvalue weighted by Gasteiger charge is 2.17. The van der Waals surface area contributed by atoms with Crippen LogP contribution in [-0.4, -0.2) is 11.9 Å². The SMILES string of the molecule is Cc1cccc(N(NC(=O)c2cccc(F)c2)C(N)=O)c1. The number of hydrogen-bond donors (Lipinski definition) is 2. The number of rotatable bonds is 2. The summed E-state index contributed by atoms with van der Waals surface area (Å²) in [5.41, 5.74) is 9.05. The molecule has 0 atom stereocenters. The van der Waals surface area contributed by atoms with Crippen LogP contribution in [0.4, 0.5) is 14.9 Å². The smallest absolute Gasteiger partial charge is 0.338 e. The summed E-state index contributed by atoms with van der Waals surface area (Å²) < 4.78 is 13.1. The predicted molar refractivity (Wildman–Crippen MR) is 77.1 cm³/mol. The highest BCUT2D eigenvalue weighted by atomic mass is 19.1. The quantitative estimate of drug-likeness (QED) is 0.832. The Hall–Kier alpha value is -2.89. The van der Waals surface area contributed by atoms with Crippen LogP contribution in [0, 0.1) is 12.7 Å². The Morgan fingerprint density at radius 3 is 2.48 bits per heavy atom. The molecule has 0 radical (unpaired) electrons. The summed E-state index contributed by atoms with van der Waals surface area (Å²) in [5, 5.41) is 0.917. The Labute approximate surface area is 121 Å². The maximum absolute atomic E-state index is 13.1. The molecule has 2 aromatic rings. The summed E-state index contributed by atoms with van der Waals surface area (Å²) in [6, 6.07) is 11.2. The van der Waals surface area contributed by atoms with Crippen LogP contribution in [0.1, 0.15) is 15.9 Å². The van der Waals surface area contributed by atoms with Gasteiger partial charge in [0.05, 0.1) is 5.69 Å². The lowest BCUT2D eigenvalue weighted by Crippen LogP contribution is -2.49. The number of nitrogens with two attached hydrogens (primary N) is 1. The largest absolute Gasteiger partial charge is 0.350 e. The molecule has 108 valence electrons. The number of amides is 3. The predicted octanol–water partition coefficient (Wildman–Crippen LogP) is 2.36. The third kappa shape index (κ3) is 3.56. The van der Waals surface area contributed by atoms with Crippen LogP contribution in [0.3, 0.4) is 0 Å². The van der Waals surface area contributed by atoms with E-state index in [1.807, 2.05) is 13.0 Å². The molecule has 0 aliphatic rings. The molecule has 0 bridgehead atoms. The van der Waals surface area contributed by atoms with E-state index in [-0.39, 0.29) is 5.56 Å². The second-order valence-corrected chi connectivity index (χ2v) is 4.46. The minimum Gasteiger partial charge on any atom is -0.350 e. The minimum absolute atomic E-state index is 0.0916. The molecule has 3 N–H and O–H groups in total. The van der Waals surface area contributed by atoms with Crippen LogP contribution in [0.2, 0.25) is 0 Å². The number of nitrogens with zero attached hydrogens (tertiary/aromatic N) is 1. The third-order valence-electron chi connectivity index (χ3n) is 2.78. The summed E-state index contributed by atoms with van der Waals surface area (Å²) in [5.74, 6) is -1.17. The van der Waals surface area contributed by atoms with E-state index in [1.54, 1.807) is 18.2 Å². The van der Waals surface area contributed by atoms with Crippen molar-refractivity contribution in [3.05, 3.63) is 65.5 Å². The normalized spacial score (nSPS) is 10.0. The molecule has 2 aromatic carbocycles. The lowest BCUT2D eigenvalue weighted by atomic mass is 10.2. The zero-order chi connectivity index (χ0) is 15.4. The molecule has 5 nitrogen and oxygen atoms in total. The van der Waals surface area contributed by atoms with Crippen molar-refractivity contribution in [2.24, 2.45) is 5.73 Å². The van der Waals surface area contributed by atoms with E-state index < -0.39 is 17.8 Å².